The van der Waals surface area contributed by atoms with Crippen molar-refractivity contribution >= 4 is 17.6 Å². The summed E-state index contributed by atoms with van der Waals surface area (Å²) in [6, 6.07) is 11.9. The van der Waals surface area contributed by atoms with Crippen molar-refractivity contribution in [2.75, 3.05) is 11.9 Å². The van der Waals surface area contributed by atoms with E-state index in [4.69, 9.17) is 0 Å². The number of rotatable bonds is 5. The lowest BCUT2D eigenvalue weighted by Gasteiger charge is -2.06. The highest BCUT2D eigenvalue weighted by Gasteiger charge is 2.28. The molecule has 120 valence electrons. The van der Waals surface area contributed by atoms with Crippen LogP contribution in [-0.2, 0) is 16.1 Å². The van der Waals surface area contributed by atoms with Gasteiger partial charge in [0, 0.05) is 25.6 Å². The van der Waals surface area contributed by atoms with Crippen LogP contribution in [0.2, 0.25) is 0 Å². The summed E-state index contributed by atoms with van der Waals surface area (Å²) in [5.74, 6) is -0.0311. The molecule has 0 bridgehead atoms. The fourth-order valence-electron chi connectivity index (χ4n) is 2.72. The lowest BCUT2D eigenvalue weighted by Crippen LogP contribution is -2.24. The molecule has 1 aliphatic rings. The van der Waals surface area contributed by atoms with Gasteiger partial charge in [-0.1, -0.05) is 37.3 Å². The van der Waals surface area contributed by atoms with Crippen LogP contribution in [0.3, 0.4) is 0 Å². The third kappa shape index (κ3) is 3.41. The van der Waals surface area contributed by atoms with Crippen molar-refractivity contribution < 1.29 is 9.59 Å². The first-order valence-electron chi connectivity index (χ1n) is 7.88. The van der Waals surface area contributed by atoms with Crippen LogP contribution >= 0.6 is 0 Å². The maximum atomic E-state index is 12.2. The number of nitrogens with one attached hydrogen (secondary N) is 2. The maximum absolute atomic E-state index is 12.2. The fraction of sp³-hybridized carbons (Fsp3) is 0.353. The molecule has 3 rings (SSSR count). The van der Waals surface area contributed by atoms with Crippen molar-refractivity contribution in [2.24, 2.45) is 5.92 Å². The quantitative estimate of drug-likeness (QED) is 0.887. The number of aryl methyl sites for hydroxylation is 1. The summed E-state index contributed by atoms with van der Waals surface area (Å²) in [5, 5.41) is 9.99. The first kappa shape index (κ1) is 15.3. The van der Waals surface area contributed by atoms with Crippen molar-refractivity contribution in [3.8, 4) is 11.3 Å². The number of anilines is 1. The van der Waals surface area contributed by atoms with Gasteiger partial charge in [0.1, 0.15) is 0 Å². The van der Waals surface area contributed by atoms with E-state index < -0.39 is 0 Å². The summed E-state index contributed by atoms with van der Waals surface area (Å²) in [4.78, 5) is 23.5. The Morgan fingerprint density at radius 3 is 2.83 bits per heavy atom. The van der Waals surface area contributed by atoms with Gasteiger partial charge in [0.2, 0.25) is 11.8 Å². The number of hydrogen-bond acceptors (Lipinski definition) is 3. The highest BCUT2D eigenvalue weighted by atomic mass is 16.2. The molecule has 1 aromatic heterocycles. The van der Waals surface area contributed by atoms with E-state index in [9.17, 15) is 9.59 Å². The molecule has 2 heterocycles. The lowest BCUT2D eigenvalue weighted by molar-refractivity contribution is -0.123. The molecule has 6 nitrogen and oxygen atoms in total. The molecular formula is C17H20N4O2. The Morgan fingerprint density at radius 1 is 1.39 bits per heavy atom. The van der Waals surface area contributed by atoms with Gasteiger partial charge in [-0.15, -0.1) is 0 Å². The third-order valence-electron chi connectivity index (χ3n) is 3.88. The van der Waals surface area contributed by atoms with Crippen LogP contribution in [0.1, 0.15) is 19.8 Å². The maximum Gasteiger partial charge on any atom is 0.230 e. The highest BCUT2D eigenvalue weighted by molar-refractivity contribution is 5.96. The average molecular weight is 312 g/mol. The van der Waals surface area contributed by atoms with Crippen molar-refractivity contribution in [1.29, 1.82) is 0 Å². The highest BCUT2D eigenvalue weighted by Crippen LogP contribution is 2.23. The van der Waals surface area contributed by atoms with E-state index in [0.717, 1.165) is 24.2 Å². The lowest BCUT2D eigenvalue weighted by atomic mass is 10.1. The van der Waals surface area contributed by atoms with Crippen molar-refractivity contribution in [3.63, 3.8) is 0 Å². The molecule has 1 atom stereocenters. The zero-order valence-electron chi connectivity index (χ0n) is 13.1. The second-order valence-corrected chi connectivity index (χ2v) is 5.70. The molecule has 1 aromatic carbocycles. The van der Waals surface area contributed by atoms with E-state index in [1.54, 1.807) is 0 Å². The minimum Gasteiger partial charge on any atom is -0.355 e. The summed E-state index contributed by atoms with van der Waals surface area (Å²) in [5.41, 5.74) is 2.04. The molecule has 1 unspecified atom stereocenters. The van der Waals surface area contributed by atoms with Gasteiger partial charge in [-0.3, -0.25) is 14.3 Å². The minimum atomic E-state index is -0.320. The molecular weight excluding hydrogens is 292 g/mol. The van der Waals surface area contributed by atoms with Gasteiger partial charge in [-0.2, -0.15) is 5.10 Å². The van der Waals surface area contributed by atoms with E-state index >= 15 is 0 Å². The Labute approximate surface area is 134 Å². The Balaban J connectivity index is 1.80. The number of nitrogens with zero attached hydrogens (tertiary/aromatic N) is 2. The van der Waals surface area contributed by atoms with Gasteiger partial charge >= 0.3 is 0 Å². The molecule has 0 aliphatic carbocycles. The topological polar surface area (TPSA) is 76.0 Å². The number of aromatic nitrogens is 2. The van der Waals surface area contributed by atoms with Gasteiger partial charge in [0.05, 0.1) is 11.6 Å². The van der Waals surface area contributed by atoms with Crippen LogP contribution in [0.15, 0.2) is 36.4 Å². The summed E-state index contributed by atoms with van der Waals surface area (Å²) in [7, 11) is 0. The molecule has 1 aliphatic heterocycles. The monoisotopic (exact) mass is 312 g/mol. The Hall–Kier alpha value is -2.63. The average Bonchev–Trinajstić information content (AvgIpc) is 3.15. The first-order chi connectivity index (χ1) is 11.2. The summed E-state index contributed by atoms with van der Waals surface area (Å²) in [6.45, 7) is 3.26. The van der Waals surface area contributed by atoms with Crippen LogP contribution in [0.4, 0.5) is 5.82 Å². The van der Waals surface area contributed by atoms with Crippen LogP contribution in [0.25, 0.3) is 11.3 Å². The Bertz CT molecular complexity index is 709. The number of carbonyl (C=O) groups excluding carboxylic acids is 2. The predicted octanol–water partition coefficient (Wildman–Crippen LogP) is 2.03. The van der Waals surface area contributed by atoms with Crippen LogP contribution in [0.5, 0.6) is 0 Å². The molecule has 0 spiro atoms. The molecule has 0 saturated carbocycles. The summed E-state index contributed by atoms with van der Waals surface area (Å²) < 4.78 is 1.91. The molecule has 2 amide bonds. The van der Waals surface area contributed by atoms with Crippen LogP contribution in [-0.4, -0.2) is 28.1 Å². The zero-order valence-corrected chi connectivity index (χ0v) is 13.1. The fourth-order valence-corrected chi connectivity index (χ4v) is 2.72. The molecule has 6 heteroatoms. The number of hydrogen-bond donors (Lipinski definition) is 2. The third-order valence-corrected chi connectivity index (χ3v) is 3.88. The Kier molecular flexibility index (Phi) is 4.41. The zero-order chi connectivity index (χ0) is 16.2. The smallest absolute Gasteiger partial charge is 0.230 e. The SMILES string of the molecule is CCCn1nc(NC(=O)C2CNC(=O)C2)cc1-c1ccccc1. The normalized spacial score (nSPS) is 17.1. The van der Waals surface area contributed by atoms with Gasteiger partial charge in [0.15, 0.2) is 5.82 Å². The van der Waals surface area contributed by atoms with Gasteiger partial charge < -0.3 is 10.6 Å². The van der Waals surface area contributed by atoms with Gasteiger partial charge in [-0.25, -0.2) is 0 Å². The summed E-state index contributed by atoms with van der Waals surface area (Å²) in [6.07, 6.45) is 1.20. The van der Waals surface area contributed by atoms with Gasteiger partial charge in [-0.05, 0) is 12.0 Å². The Morgan fingerprint density at radius 2 is 2.17 bits per heavy atom. The standard InChI is InChI=1S/C17H20N4O2/c1-2-8-21-14(12-6-4-3-5-7-12)10-15(20-21)19-17(23)13-9-16(22)18-11-13/h3-7,10,13H,2,8-9,11H2,1H3,(H,18,22)(H,19,20,23). The van der Waals surface area contributed by atoms with Crippen LogP contribution in [0, 0.1) is 5.92 Å². The molecule has 23 heavy (non-hydrogen) atoms. The number of amides is 2. The molecule has 2 aromatic rings. The van der Waals surface area contributed by atoms with E-state index in [1.165, 1.54) is 0 Å². The van der Waals surface area contributed by atoms with E-state index in [0.29, 0.717) is 12.4 Å². The molecule has 0 radical (unpaired) electrons. The molecule has 2 N–H and O–H groups in total. The number of benzene rings is 1. The van der Waals surface area contributed by atoms with Crippen LogP contribution < -0.4 is 10.6 Å². The van der Waals surface area contributed by atoms with E-state index in [-0.39, 0.29) is 24.2 Å². The summed E-state index contributed by atoms with van der Waals surface area (Å²) >= 11 is 0. The first-order valence-corrected chi connectivity index (χ1v) is 7.88. The van der Waals surface area contributed by atoms with Crippen molar-refractivity contribution in [3.05, 3.63) is 36.4 Å². The number of carbonyl (C=O) groups is 2. The van der Waals surface area contributed by atoms with E-state index in [2.05, 4.69) is 22.7 Å². The van der Waals surface area contributed by atoms with Crippen molar-refractivity contribution in [2.45, 2.75) is 26.3 Å². The molecule has 1 saturated heterocycles. The van der Waals surface area contributed by atoms with Gasteiger partial charge in [0.25, 0.3) is 0 Å². The van der Waals surface area contributed by atoms with E-state index in [1.807, 2.05) is 41.1 Å². The predicted molar refractivity (Wildman–Crippen MR) is 87.7 cm³/mol. The molecule has 1 fully saturated rings. The second kappa shape index (κ2) is 6.64. The largest absolute Gasteiger partial charge is 0.355 e. The van der Waals surface area contributed by atoms with Crippen molar-refractivity contribution in [1.82, 2.24) is 15.1 Å². The second-order valence-electron chi connectivity index (χ2n) is 5.70. The minimum absolute atomic E-state index is 0.0772.